The van der Waals surface area contributed by atoms with Crippen molar-refractivity contribution in [3.63, 3.8) is 0 Å². The number of aryl methyl sites for hydroxylation is 2. The Morgan fingerprint density at radius 3 is 2.71 bits per heavy atom. The number of ketones is 1. The fourth-order valence-corrected chi connectivity index (χ4v) is 4.12. The number of thiophene rings is 1. The van der Waals surface area contributed by atoms with Crippen LogP contribution in [-0.2, 0) is 24.0 Å². The third-order valence-corrected chi connectivity index (χ3v) is 5.77. The van der Waals surface area contributed by atoms with Gasteiger partial charge in [-0.1, -0.05) is 38.1 Å². The number of hydrogen-bond donors (Lipinski definition) is 0. The molecule has 0 fully saturated rings. The minimum Gasteiger partial charge on any atom is -0.453 e. The molecule has 24 heavy (non-hydrogen) atoms. The Labute approximate surface area is 146 Å². The van der Waals surface area contributed by atoms with Crippen LogP contribution in [0.2, 0.25) is 0 Å². The van der Waals surface area contributed by atoms with Crippen molar-refractivity contribution in [3.8, 4) is 0 Å². The number of ether oxygens (including phenoxy) is 1. The average Bonchev–Trinajstić information content (AvgIpc) is 3.02. The van der Waals surface area contributed by atoms with Crippen LogP contribution < -0.4 is 0 Å². The van der Waals surface area contributed by atoms with Crippen molar-refractivity contribution in [2.45, 2.75) is 39.5 Å². The van der Waals surface area contributed by atoms with Gasteiger partial charge in [-0.2, -0.15) is 0 Å². The summed E-state index contributed by atoms with van der Waals surface area (Å²) >= 11 is 1.51. The summed E-state index contributed by atoms with van der Waals surface area (Å²) in [5.74, 6) is 0.116. The molecule has 0 radical (unpaired) electrons. The first-order valence-corrected chi connectivity index (χ1v) is 9.29. The molecule has 4 heteroatoms. The van der Waals surface area contributed by atoms with Crippen LogP contribution in [0.4, 0.5) is 0 Å². The third-order valence-electron chi connectivity index (χ3n) is 4.55. The zero-order valence-corrected chi connectivity index (χ0v) is 14.9. The van der Waals surface area contributed by atoms with Gasteiger partial charge >= 0.3 is 5.97 Å². The van der Waals surface area contributed by atoms with Crippen molar-refractivity contribution >= 4 is 23.1 Å². The predicted octanol–water partition coefficient (Wildman–Crippen LogP) is 4.48. The second kappa shape index (κ2) is 7.31. The van der Waals surface area contributed by atoms with E-state index >= 15 is 0 Å². The molecule has 1 aliphatic carbocycles. The van der Waals surface area contributed by atoms with Gasteiger partial charge in [0, 0.05) is 10.4 Å². The Morgan fingerprint density at radius 2 is 2.00 bits per heavy atom. The largest absolute Gasteiger partial charge is 0.453 e. The topological polar surface area (TPSA) is 43.4 Å². The molecule has 126 valence electrons. The van der Waals surface area contributed by atoms with Gasteiger partial charge in [0.1, 0.15) is 4.88 Å². The van der Waals surface area contributed by atoms with Gasteiger partial charge in [-0.05, 0) is 48.8 Å². The molecule has 1 aliphatic rings. The van der Waals surface area contributed by atoms with E-state index in [0.29, 0.717) is 16.4 Å². The minimum absolute atomic E-state index is 0.166. The van der Waals surface area contributed by atoms with Gasteiger partial charge < -0.3 is 4.74 Å². The molecule has 3 nitrogen and oxygen atoms in total. The summed E-state index contributed by atoms with van der Waals surface area (Å²) in [6.45, 7) is 4.10. The van der Waals surface area contributed by atoms with Crippen molar-refractivity contribution in [2.75, 3.05) is 6.61 Å². The number of carbonyl (C=O) groups excluding carboxylic acids is 2. The molecule has 0 spiro atoms. The van der Waals surface area contributed by atoms with Crippen LogP contribution in [0.3, 0.4) is 0 Å². The molecule has 1 aromatic heterocycles. The highest BCUT2D eigenvalue weighted by Crippen LogP contribution is 2.32. The summed E-state index contributed by atoms with van der Waals surface area (Å²) in [5, 5.41) is 0. The lowest BCUT2D eigenvalue weighted by Gasteiger charge is -2.16. The number of esters is 1. The highest BCUT2D eigenvalue weighted by atomic mass is 32.1. The summed E-state index contributed by atoms with van der Waals surface area (Å²) in [4.78, 5) is 26.3. The van der Waals surface area contributed by atoms with E-state index in [1.165, 1.54) is 33.8 Å². The number of Topliss-reactive ketones (excluding diaryl/α,β-unsaturated/α-hetero) is 1. The number of fused-ring (bicyclic) bond motifs is 1. The number of rotatable bonds is 5. The zero-order valence-electron chi connectivity index (χ0n) is 14.1. The second-order valence-corrected chi connectivity index (χ2v) is 7.59. The zero-order chi connectivity index (χ0) is 17.1. The molecular weight excluding hydrogens is 320 g/mol. The lowest BCUT2D eigenvalue weighted by atomic mass is 9.90. The van der Waals surface area contributed by atoms with Crippen LogP contribution >= 0.6 is 11.3 Å². The third kappa shape index (κ3) is 3.75. The fourth-order valence-electron chi connectivity index (χ4n) is 3.02. The van der Waals surface area contributed by atoms with Crippen molar-refractivity contribution in [1.82, 2.24) is 0 Å². The fraction of sp³-hybridized carbons (Fsp3) is 0.400. The normalized spacial score (nSPS) is 16.5. The molecule has 0 amide bonds. The average molecular weight is 342 g/mol. The Bertz CT molecular complexity index is 743. The highest BCUT2D eigenvalue weighted by Gasteiger charge is 2.21. The molecule has 1 aromatic carbocycles. The van der Waals surface area contributed by atoms with Crippen molar-refractivity contribution in [1.29, 1.82) is 0 Å². The molecule has 1 heterocycles. The molecule has 2 aromatic rings. The molecule has 1 unspecified atom stereocenters. The van der Waals surface area contributed by atoms with E-state index in [4.69, 9.17) is 4.74 Å². The van der Waals surface area contributed by atoms with E-state index < -0.39 is 0 Å². The standard InChI is InChI=1S/C20H22O3S/c1-3-14-5-7-15(8-6-14)17(21)12-23-20(22)19-11-16-10-13(2)4-9-18(16)24-19/h5-8,11,13H,3-4,9-10,12H2,1-2H3. The molecule has 0 bridgehead atoms. The molecule has 0 N–H and O–H groups in total. The second-order valence-electron chi connectivity index (χ2n) is 6.46. The molecule has 1 atom stereocenters. The lowest BCUT2D eigenvalue weighted by Crippen LogP contribution is -2.13. The molecular formula is C20H22O3S. The lowest BCUT2D eigenvalue weighted by molar-refractivity contribution is 0.0479. The van der Waals surface area contributed by atoms with Gasteiger partial charge in [0.05, 0.1) is 0 Å². The minimum atomic E-state index is -0.388. The van der Waals surface area contributed by atoms with Gasteiger partial charge in [0.25, 0.3) is 0 Å². The van der Waals surface area contributed by atoms with Gasteiger partial charge in [-0.25, -0.2) is 4.79 Å². The van der Waals surface area contributed by atoms with Gasteiger partial charge in [0.2, 0.25) is 0 Å². The first kappa shape index (κ1) is 16.9. The quantitative estimate of drug-likeness (QED) is 0.594. The molecule has 0 aliphatic heterocycles. The van der Waals surface area contributed by atoms with Crippen LogP contribution in [0.5, 0.6) is 0 Å². The number of benzene rings is 1. The van der Waals surface area contributed by atoms with E-state index in [-0.39, 0.29) is 18.4 Å². The van der Waals surface area contributed by atoms with Gasteiger partial charge in [0.15, 0.2) is 12.4 Å². The van der Waals surface area contributed by atoms with Gasteiger partial charge in [-0.15, -0.1) is 11.3 Å². The Kier molecular flexibility index (Phi) is 5.14. The van der Waals surface area contributed by atoms with E-state index in [1.54, 1.807) is 12.1 Å². The smallest absolute Gasteiger partial charge is 0.348 e. The maximum Gasteiger partial charge on any atom is 0.348 e. The monoisotopic (exact) mass is 342 g/mol. The van der Waals surface area contributed by atoms with E-state index in [9.17, 15) is 9.59 Å². The maximum absolute atomic E-state index is 12.2. The summed E-state index contributed by atoms with van der Waals surface area (Å²) in [7, 11) is 0. The first-order chi connectivity index (χ1) is 11.6. The Balaban J connectivity index is 1.60. The van der Waals surface area contributed by atoms with Crippen molar-refractivity contribution in [3.05, 3.63) is 56.8 Å². The summed E-state index contributed by atoms with van der Waals surface area (Å²) in [5.41, 5.74) is 3.04. The van der Waals surface area contributed by atoms with Crippen LogP contribution in [0.25, 0.3) is 0 Å². The summed E-state index contributed by atoms with van der Waals surface area (Å²) < 4.78 is 5.23. The Morgan fingerprint density at radius 1 is 1.25 bits per heavy atom. The highest BCUT2D eigenvalue weighted by molar-refractivity contribution is 7.14. The van der Waals surface area contributed by atoms with E-state index in [2.05, 4.69) is 13.8 Å². The van der Waals surface area contributed by atoms with Crippen LogP contribution in [0.1, 0.15) is 56.3 Å². The van der Waals surface area contributed by atoms with Gasteiger partial charge in [-0.3, -0.25) is 4.79 Å². The van der Waals surface area contributed by atoms with Crippen LogP contribution in [-0.4, -0.2) is 18.4 Å². The SMILES string of the molecule is CCc1ccc(C(=O)COC(=O)c2cc3c(s2)CCC(C)C3)cc1. The Hall–Kier alpha value is -1.94. The van der Waals surface area contributed by atoms with Crippen LogP contribution in [0, 0.1) is 5.92 Å². The number of carbonyl (C=O) groups is 2. The molecule has 3 rings (SSSR count). The van der Waals surface area contributed by atoms with E-state index in [0.717, 1.165) is 19.3 Å². The maximum atomic E-state index is 12.2. The van der Waals surface area contributed by atoms with Crippen molar-refractivity contribution in [2.24, 2.45) is 5.92 Å². The summed E-state index contributed by atoms with van der Waals surface area (Å²) in [6.07, 6.45) is 4.18. The first-order valence-electron chi connectivity index (χ1n) is 8.47. The van der Waals surface area contributed by atoms with Crippen molar-refractivity contribution < 1.29 is 14.3 Å². The predicted molar refractivity (Wildman–Crippen MR) is 95.9 cm³/mol. The van der Waals surface area contributed by atoms with Crippen LogP contribution in [0.15, 0.2) is 30.3 Å². The molecule has 0 saturated carbocycles. The summed E-state index contributed by atoms with van der Waals surface area (Å²) in [6, 6.07) is 9.39. The number of hydrogen-bond acceptors (Lipinski definition) is 4. The molecule has 0 saturated heterocycles. The van der Waals surface area contributed by atoms with E-state index in [1.807, 2.05) is 18.2 Å².